The zero-order valence-corrected chi connectivity index (χ0v) is 13.5. The average molecular weight is 314 g/mol. The van der Waals surface area contributed by atoms with Crippen LogP contribution >= 0.6 is 0 Å². The van der Waals surface area contributed by atoms with Crippen LogP contribution in [0.1, 0.15) is 42.2 Å². The van der Waals surface area contributed by atoms with Crippen LogP contribution in [0, 0.1) is 12.3 Å². The van der Waals surface area contributed by atoms with Crippen molar-refractivity contribution in [1.82, 2.24) is 20.1 Å². The number of aromatic nitrogens is 3. The molecule has 1 fully saturated rings. The second-order valence-electron chi connectivity index (χ2n) is 6.47. The summed E-state index contributed by atoms with van der Waals surface area (Å²) in [6.07, 6.45) is 6.12. The Kier molecular flexibility index (Phi) is 4.17. The monoisotopic (exact) mass is 314 g/mol. The molecule has 3 rings (SSSR count). The van der Waals surface area contributed by atoms with Crippen molar-refractivity contribution in [1.29, 1.82) is 0 Å². The molecule has 0 aromatic carbocycles. The SMILES string of the molecule is Cc1c(C(=O)NC2CCCC2(C)CO)cnn1-c1ccccn1. The highest BCUT2D eigenvalue weighted by molar-refractivity contribution is 5.95. The van der Waals surface area contributed by atoms with E-state index in [1.54, 1.807) is 17.1 Å². The van der Waals surface area contributed by atoms with Crippen molar-refractivity contribution in [3.63, 3.8) is 0 Å². The third-order valence-corrected chi connectivity index (χ3v) is 4.87. The normalized spacial score (nSPS) is 23.9. The fourth-order valence-electron chi connectivity index (χ4n) is 3.25. The van der Waals surface area contributed by atoms with Gasteiger partial charge in [0.2, 0.25) is 0 Å². The fraction of sp³-hybridized carbons (Fsp3) is 0.471. The molecule has 2 unspecified atom stereocenters. The first kappa shape index (κ1) is 15.7. The Morgan fingerprint density at radius 2 is 2.35 bits per heavy atom. The lowest BCUT2D eigenvalue weighted by Gasteiger charge is -2.30. The summed E-state index contributed by atoms with van der Waals surface area (Å²) in [5.41, 5.74) is 1.06. The largest absolute Gasteiger partial charge is 0.396 e. The lowest BCUT2D eigenvalue weighted by molar-refractivity contribution is 0.0830. The minimum absolute atomic E-state index is 0.00222. The van der Waals surface area contributed by atoms with Crippen molar-refractivity contribution in [2.45, 2.75) is 39.2 Å². The second kappa shape index (κ2) is 6.12. The van der Waals surface area contributed by atoms with E-state index in [9.17, 15) is 9.90 Å². The number of aliphatic hydroxyl groups is 1. The minimum Gasteiger partial charge on any atom is -0.396 e. The van der Waals surface area contributed by atoms with Gasteiger partial charge in [-0.15, -0.1) is 0 Å². The molecular weight excluding hydrogens is 292 g/mol. The predicted molar refractivity (Wildman–Crippen MR) is 86.4 cm³/mol. The Labute approximate surface area is 135 Å². The van der Waals surface area contributed by atoms with Gasteiger partial charge in [-0.2, -0.15) is 5.10 Å². The zero-order valence-electron chi connectivity index (χ0n) is 13.5. The summed E-state index contributed by atoms with van der Waals surface area (Å²) in [7, 11) is 0. The number of aliphatic hydroxyl groups excluding tert-OH is 1. The second-order valence-corrected chi connectivity index (χ2v) is 6.47. The lowest BCUT2D eigenvalue weighted by atomic mass is 9.85. The van der Waals surface area contributed by atoms with Gasteiger partial charge in [-0.25, -0.2) is 9.67 Å². The highest BCUT2D eigenvalue weighted by atomic mass is 16.3. The van der Waals surface area contributed by atoms with Gasteiger partial charge in [0.05, 0.1) is 24.1 Å². The van der Waals surface area contributed by atoms with Crippen LogP contribution < -0.4 is 5.32 Å². The van der Waals surface area contributed by atoms with E-state index in [0.717, 1.165) is 25.0 Å². The molecule has 23 heavy (non-hydrogen) atoms. The maximum Gasteiger partial charge on any atom is 0.255 e. The van der Waals surface area contributed by atoms with Gasteiger partial charge in [0, 0.05) is 17.7 Å². The first-order valence-corrected chi connectivity index (χ1v) is 7.93. The van der Waals surface area contributed by atoms with E-state index in [1.165, 1.54) is 0 Å². The standard InChI is InChI=1S/C17H22N4O2/c1-12-13(10-19-21(12)15-7-3-4-9-18-15)16(23)20-14-6-5-8-17(14,2)11-22/h3-4,7,9-10,14,22H,5-6,8,11H2,1-2H3,(H,20,23). The number of carbonyl (C=O) groups is 1. The Bertz CT molecular complexity index is 698. The summed E-state index contributed by atoms with van der Waals surface area (Å²) < 4.78 is 1.66. The molecule has 122 valence electrons. The number of pyridine rings is 1. The number of nitrogens with one attached hydrogen (secondary N) is 1. The molecule has 0 bridgehead atoms. The summed E-state index contributed by atoms with van der Waals surface area (Å²) in [6.45, 7) is 3.97. The topological polar surface area (TPSA) is 80.0 Å². The van der Waals surface area contributed by atoms with E-state index in [-0.39, 0.29) is 24.0 Å². The van der Waals surface area contributed by atoms with Gasteiger partial charge in [0.1, 0.15) is 0 Å². The Morgan fingerprint density at radius 1 is 1.52 bits per heavy atom. The summed E-state index contributed by atoms with van der Waals surface area (Å²) in [5.74, 6) is 0.543. The number of amides is 1. The van der Waals surface area contributed by atoms with E-state index in [4.69, 9.17) is 0 Å². The quantitative estimate of drug-likeness (QED) is 0.902. The van der Waals surface area contributed by atoms with Crippen molar-refractivity contribution in [2.24, 2.45) is 5.41 Å². The Balaban J connectivity index is 1.80. The molecule has 2 heterocycles. The molecule has 0 spiro atoms. The molecular formula is C17H22N4O2. The molecule has 2 N–H and O–H groups in total. The number of carbonyl (C=O) groups excluding carboxylic acids is 1. The smallest absolute Gasteiger partial charge is 0.255 e. The van der Waals surface area contributed by atoms with Crippen molar-refractivity contribution >= 4 is 5.91 Å². The highest BCUT2D eigenvalue weighted by Gasteiger charge is 2.39. The van der Waals surface area contributed by atoms with Crippen molar-refractivity contribution in [3.05, 3.63) is 41.9 Å². The van der Waals surface area contributed by atoms with E-state index in [0.29, 0.717) is 11.4 Å². The van der Waals surface area contributed by atoms with E-state index < -0.39 is 0 Å². The van der Waals surface area contributed by atoms with Crippen LogP contribution in [0.25, 0.3) is 5.82 Å². The molecule has 2 aromatic heterocycles. The lowest BCUT2D eigenvalue weighted by Crippen LogP contribution is -2.44. The van der Waals surface area contributed by atoms with Crippen LogP contribution in [-0.4, -0.2) is 38.4 Å². The molecule has 1 aliphatic carbocycles. The summed E-state index contributed by atoms with van der Waals surface area (Å²) >= 11 is 0. The first-order valence-electron chi connectivity index (χ1n) is 7.93. The van der Waals surface area contributed by atoms with E-state index >= 15 is 0 Å². The van der Waals surface area contributed by atoms with Crippen LogP contribution in [0.15, 0.2) is 30.6 Å². The van der Waals surface area contributed by atoms with Crippen molar-refractivity contribution in [2.75, 3.05) is 6.61 Å². The molecule has 0 radical (unpaired) electrons. The molecule has 1 amide bonds. The first-order chi connectivity index (χ1) is 11.0. The summed E-state index contributed by atoms with van der Waals surface area (Å²) in [4.78, 5) is 16.9. The molecule has 2 atom stereocenters. The van der Waals surface area contributed by atoms with Crippen LogP contribution in [0.2, 0.25) is 0 Å². The molecule has 2 aromatic rings. The number of hydrogen-bond donors (Lipinski definition) is 2. The molecule has 0 aliphatic heterocycles. The van der Waals surface area contributed by atoms with Crippen LogP contribution in [-0.2, 0) is 0 Å². The maximum absolute atomic E-state index is 12.6. The summed E-state index contributed by atoms with van der Waals surface area (Å²) in [5, 5.41) is 17.0. The van der Waals surface area contributed by atoms with Gasteiger partial charge < -0.3 is 10.4 Å². The maximum atomic E-state index is 12.6. The van der Waals surface area contributed by atoms with Crippen LogP contribution in [0.5, 0.6) is 0 Å². The van der Waals surface area contributed by atoms with E-state index in [1.807, 2.05) is 32.0 Å². The Morgan fingerprint density at radius 3 is 3.04 bits per heavy atom. The third kappa shape index (κ3) is 2.86. The van der Waals surface area contributed by atoms with E-state index in [2.05, 4.69) is 15.4 Å². The van der Waals surface area contributed by atoms with Gasteiger partial charge in [0.25, 0.3) is 5.91 Å². The van der Waals surface area contributed by atoms with Gasteiger partial charge in [-0.05, 0) is 31.9 Å². The third-order valence-electron chi connectivity index (χ3n) is 4.87. The highest BCUT2D eigenvalue weighted by Crippen LogP contribution is 2.37. The van der Waals surface area contributed by atoms with Gasteiger partial charge in [-0.1, -0.05) is 19.4 Å². The zero-order chi connectivity index (χ0) is 16.4. The van der Waals surface area contributed by atoms with Crippen LogP contribution in [0.4, 0.5) is 0 Å². The fourth-order valence-corrected chi connectivity index (χ4v) is 3.25. The van der Waals surface area contributed by atoms with Crippen molar-refractivity contribution in [3.8, 4) is 5.82 Å². The molecule has 6 nitrogen and oxygen atoms in total. The van der Waals surface area contributed by atoms with Crippen LogP contribution in [0.3, 0.4) is 0 Å². The summed E-state index contributed by atoms with van der Waals surface area (Å²) in [6, 6.07) is 5.57. The minimum atomic E-state index is -0.236. The van der Waals surface area contributed by atoms with Gasteiger partial charge in [0.15, 0.2) is 5.82 Å². The molecule has 6 heteroatoms. The van der Waals surface area contributed by atoms with Crippen molar-refractivity contribution < 1.29 is 9.90 Å². The predicted octanol–water partition coefficient (Wildman–Crippen LogP) is 1.86. The molecule has 1 aliphatic rings. The average Bonchev–Trinajstić information content (AvgIpc) is 3.12. The number of rotatable bonds is 4. The molecule has 1 saturated carbocycles. The molecule has 0 saturated heterocycles. The number of nitrogens with zero attached hydrogens (tertiary/aromatic N) is 3. The number of hydrogen-bond acceptors (Lipinski definition) is 4. The van der Waals surface area contributed by atoms with Gasteiger partial charge in [-0.3, -0.25) is 4.79 Å². The van der Waals surface area contributed by atoms with Gasteiger partial charge >= 0.3 is 0 Å². The Hall–Kier alpha value is -2.21.